The smallest absolute Gasteiger partial charge is 0.309 e. The Morgan fingerprint density at radius 2 is 1.85 bits per heavy atom. The highest BCUT2D eigenvalue weighted by atomic mass is 127. The van der Waals surface area contributed by atoms with E-state index in [1.54, 1.807) is 6.92 Å². The molecule has 6 atom stereocenters. The number of hydrogen-bond donors (Lipinski definition) is 1. The van der Waals surface area contributed by atoms with E-state index in [4.69, 9.17) is 19.3 Å². The van der Waals surface area contributed by atoms with Crippen LogP contribution in [0.25, 0.3) is 0 Å². The number of alkyl halides is 1. The van der Waals surface area contributed by atoms with Crippen LogP contribution in [0.2, 0.25) is 0 Å². The van der Waals surface area contributed by atoms with Gasteiger partial charge in [-0.05, 0) is 52.4 Å². The summed E-state index contributed by atoms with van der Waals surface area (Å²) in [5.74, 6) is 0.361. The summed E-state index contributed by atoms with van der Waals surface area (Å²) in [7, 11) is 0. The minimum atomic E-state index is -0.0357. The van der Waals surface area contributed by atoms with E-state index in [2.05, 4.69) is 22.6 Å². The van der Waals surface area contributed by atoms with Crippen molar-refractivity contribution < 1.29 is 28.9 Å². The SMILES string of the molecule is C.CCO.CCOC(=O)[C@@H]1CC[C@@H]2O[C@@H]2C1.O=C1O[C@@H]2C[C@H]1CC[C@H]2I. The Morgan fingerprint density at radius 1 is 1.15 bits per heavy atom. The Bertz CT molecular complexity index is 457. The summed E-state index contributed by atoms with van der Waals surface area (Å²) in [4.78, 5) is 22.3. The second-order valence-corrected chi connectivity index (χ2v) is 8.39. The van der Waals surface area contributed by atoms with Gasteiger partial charge in [-0.1, -0.05) is 30.0 Å². The molecule has 6 nitrogen and oxygen atoms in total. The Balaban J connectivity index is 0.000000221. The van der Waals surface area contributed by atoms with Crippen molar-refractivity contribution in [1.29, 1.82) is 0 Å². The maximum atomic E-state index is 11.3. The molecule has 0 unspecified atom stereocenters. The molecule has 0 aromatic carbocycles. The topological polar surface area (TPSA) is 85.4 Å². The first-order valence-electron chi connectivity index (χ1n) is 9.27. The number of esters is 2. The molecule has 2 saturated carbocycles. The van der Waals surface area contributed by atoms with Crippen molar-refractivity contribution >= 4 is 34.5 Å². The Hall–Kier alpha value is -0.410. The third kappa shape index (κ3) is 6.64. The summed E-state index contributed by atoms with van der Waals surface area (Å²) in [6, 6.07) is 0. The van der Waals surface area contributed by atoms with Crippen LogP contribution in [0, 0.1) is 11.8 Å². The fourth-order valence-electron chi connectivity index (χ4n) is 3.55. The van der Waals surface area contributed by atoms with Gasteiger partial charge >= 0.3 is 11.9 Å². The molecule has 2 bridgehead atoms. The predicted molar refractivity (Wildman–Crippen MR) is 107 cm³/mol. The van der Waals surface area contributed by atoms with E-state index in [-0.39, 0.29) is 43.9 Å². The fourth-order valence-corrected chi connectivity index (χ4v) is 4.35. The van der Waals surface area contributed by atoms with E-state index < -0.39 is 0 Å². The van der Waals surface area contributed by atoms with Gasteiger partial charge in [0.1, 0.15) is 6.10 Å². The van der Waals surface area contributed by atoms with Crippen LogP contribution in [0.4, 0.5) is 0 Å². The number of hydrogen-bond acceptors (Lipinski definition) is 6. The number of epoxide rings is 1. The standard InChI is InChI=1S/C9H14O3.C7H9IO2.C2H6O.CH4/c1-2-11-9(10)6-3-4-7-8(5-6)12-7;8-5-2-1-4-3-6(5)10-7(4)9;1-2-3;/h6-8H,2-5H2,1H3;4-6H,1-3H2;3H,2H2,1H3;1H4/t6-,7+,8-;4-,5-,6-;;/m11../s1. The van der Waals surface area contributed by atoms with Crippen LogP contribution in [0.5, 0.6) is 0 Å². The lowest BCUT2D eigenvalue weighted by Gasteiger charge is -2.19. The van der Waals surface area contributed by atoms with E-state index in [9.17, 15) is 9.59 Å². The van der Waals surface area contributed by atoms with Gasteiger partial charge < -0.3 is 19.3 Å². The Labute approximate surface area is 170 Å². The van der Waals surface area contributed by atoms with Crippen molar-refractivity contribution in [3.8, 4) is 0 Å². The lowest BCUT2D eigenvalue weighted by molar-refractivity contribution is -0.149. The largest absolute Gasteiger partial charge is 0.466 e. The minimum Gasteiger partial charge on any atom is -0.466 e. The lowest BCUT2D eigenvalue weighted by Crippen LogP contribution is -2.23. The van der Waals surface area contributed by atoms with Crippen molar-refractivity contribution in [1.82, 2.24) is 0 Å². The highest BCUT2D eigenvalue weighted by Gasteiger charge is 2.46. The molecule has 0 spiro atoms. The molecule has 1 N–H and O–H groups in total. The highest BCUT2D eigenvalue weighted by molar-refractivity contribution is 14.1. The quantitative estimate of drug-likeness (QED) is 0.280. The van der Waals surface area contributed by atoms with Gasteiger partial charge in [-0.15, -0.1) is 0 Å². The maximum Gasteiger partial charge on any atom is 0.309 e. The summed E-state index contributed by atoms with van der Waals surface area (Å²) in [6.07, 6.45) is 7.12. The summed E-state index contributed by atoms with van der Waals surface area (Å²) >= 11 is 2.38. The van der Waals surface area contributed by atoms with Crippen molar-refractivity contribution in [2.75, 3.05) is 13.2 Å². The number of carbonyl (C=O) groups is 2. The summed E-state index contributed by atoms with van der Waals surface area (Å²) in [6.45, 7) is 4.27. The summed E-state index contributed by atoms with van der Waals surface area (Å²) in [5.41, 5.74) is 0. The van der Waals surface area contributed by atoms with Crippen molar-refractivity contribution in [2.45, 2.75) is 82.0 Å². The Kier molecular flexibility index (Phi) is 10.4. The molecule has 7 heteroatoms. The lowest BCUT2D eigenvalue weighted by atomic mass is 9.89. The Morgan fingerprint density at radius 3 is 2.42 bits per heavy atom. The second kappa shape index (κ2) is 11.4. The minimum absolute atomic E-state index is 0. The average molecular weight is 484 g/mol. The van der Waals surface area contributed by atoms with Crippen molar-refractivity contribution in [3.05, 3.63) is 0 Å². The molecule has 152 valence electrons. The summed E-state index contributed by atoms with van der Waals surface area (Å²) < 4.78 is 16.0. The molecule has 2 saturated heterocycles. The van der Waals surface area contributed by atoms with Crippen LogP contribution >= 0.6 is 22.6 Å². The number of halogens is 1. The van der Waals surface area contributed by atoms with Crippen LogP contribution in [0.15, 0.2) is 0 Å². The third-order valence-corrected chi connectivity index (χ3v) is 6.36. The molecule has 4 aliphatic rings. The third-order valence-electron chi connectivity index (χ3n) is 4.94. The highest BCUT2D eigenvalue weighted by Crippen LogP contribution is 2.40. The summed E-state index contributed by atoms with van der Waals surface area (Å²) in [5, 5.41) is 7.57. The molecular weight excluding hydrogens is 451 g/mol. The molecule has 2 aliphatic heterocycles. The first-order valence-corrected chi connectivity index (χ1v) is 10.5. The van der Waals surface area contributed by atoms with Crippen molar-refractivity contribution in [2.24, 2.45) is 11.8 Å². The van der Waals surface area contributed by atoms with E-state index >= 15 is 0 Å². The number of fused-ring (bicyclic) bond motifs is 3. The average Bonchev–Trinajstić information content (AvgIpc) is 3.30. The molecule has 0 amide bonds. The zero-order valence-electron chi connectivity index (χ0n) is 15.0. The molecular formula is C19H33IO6. The first-order chi connectivity index (χ1) is 12.0. The van der Waals surface area contributed by atoms with E-state index in [0.717, 1.165) is 38.5 Å². The molecule has 2 heterocycles. The van der Waals surface area contributed by atoms with Crippen LogP contribution in [0.3, 0.4) is 0 Å². The maximum absolute atomic E-state index is 11.3. The second-order valence-electron chi connectivity index (χ2n) is 6.79. The molecule has 0 aromatic rings. The van der Waals surface area contributed by atoms with Crippen LogP contribution in [-0.4, -0.2) is 52.5 Å². The monoisotopic (exact) mass is 484 g/mol. The molecule has 0 aromatic heterocycles. The number of aliphatic hydroxyl groups excluding tert-OH is 1. The molecule has 2 aliphatic carbocycles. The molecule has 4 fully saturated rings. The number of ether oxygens (including phenoxy) is 3. The zero-order chi connectivity index (χ0) is 18.4. The predicted octanol–water partition coefficient (Wildman–Crippen LogP) is 3.27. The van der Waals surface area contributed by atoms with Crippen LogP contribution in [-0.2, 0) is 23.8 Å². The van der Waals surface area contributed by atoms with Crippen LogP contribution < -0.4 is 0 Å². The van der Waals surface area contributed by atoms with Gasteiger partial charge in [0.05, 0.1) is 30.7 Å². The normalized spacial score (nSPS) is 35.9. The van der Waals surface area contributed by atoms with Gasteiger partial charge in [-0.3, -0.25) is 9.59 Å². The van der Waals surface area contributed by atoms with Crippen LogP contribution in [0.1, 0.15) is 59.8 Å². The number of carbonyl (C=O) groups excluding carboxylic acids is 2. The van der Waals surface area contributed by atoms with Gasteiger partial charge in [0, 0.05) is 10.5 Å². The van der Waals surface area contributed by atoms with E-state index in [1.165, 1.54) is 0 Å². The van der Waals surface area contributed by atoms with Gasteiger partial charge in [0.15, 0.2) is 0 Å². The fraction of sp³-hybridized carbons (Fsp3) is 0.895. The van der Waals surface area contributed by atoms with Gasteiger partial charge in [-0.25, -0.2) is 0 Å². The van der Waals surface area contributed by atoms with Gasteiger partial charge in [0.2, 0.25) is 0 Å². The molecule has 4 rings (SSSR count). The van der Waals surface area contributed by atoms with E-state index in [0.29, 0.717) is 22.7 Å². The van der Waals surface area contributed by atoms with E-state index in [1.807, 2.05) is 6.92 Å². The van der Waals surface area contributed by atoms with Gasteiger partial charge in [-0.2, -0.15) is 0 Å². The number of rotatable bonds is 2. The first kappa shape index (κ1) is 23.6. The molecule has 26 heavy (non-hydrogen) atoms. The number of aliphatic hydroxyl groups is 1. The zero-order valence-corrected chi connectivity index (χ0v) is 17.1. The molecule has 0 radical (unpaired) electrons. The van der Waals surface area contributed by atoms with Crippen molar-refractivity contribution in [3.63, 3.8) is 0 Å². The van der Waals surface area contributed by atoms with Gasteiger partial charge in [0.25, 0.3) is 0 Å².